The second-order valence-electron chi connectivity index (χ2n) is 7.27. The molecule has 1 aromatic heterocycles. The zero-order valence-electron chi connectivity index (χ0n) is 17.9. The van der Waals surface area contributed by atoms with Crippen molar-refractivity contribution in [1.82, 2.24) is 10.6 Å². The lowest BCUT2D eigenvalue weighted by Gasteiger charge is -2.20. The van der Waals surface area contributed by atoms with E-state index in [-0.39, 0.29) is 30.5 Å². The third-order valence-electron chi connectivity index (χ3n) is 4.57. The van der Waals surface area contributed by atoms with Gasteiger partial charge in [-0.05, 0) is 57.9 Å². The molecule has 0 saturated carbocycles. The lowest BCUT2D eigenvalue weighted by molar-refractivity contribution is 0.0428. The van der Waals surface area contributed by atoms with Gasteiger partial charge in [-0.2, -0.15) is 0 Å². The van der Waals surface area contributed by atoms with E-state index in [0.29, 0.717) is 11.7 Å². The van der Waals surface area contributed by atoms with E-state index < -0.39 is 5.60 Å². The lowest BCUT2D eigenvalue weighted by Crippen LogP contribution is -2.39. The number of hydrogen-bond acceptors (Lipinski definition) is 4. The van der Waals surface area contributed by atoms with Crippen LogP contribution in [0, 0.1) is 6.92 Å². The van der Waals surface area contributed by atoms with Crippen LogP contribution in [-0.4, -0.2) is 44.3 Å². The van der Waals surface area contributed by atoms with Gasteiger partial charge in [0.05, 0.1) is 6.54 Å². The molecule has 7 heteroatoms. The van der Waals surface area contributed by atoms with Crippen molar-refractivity contribution < 1.29 is 9.52 Å². The molecule has 162 valence electrons. The van der Waals surface area contributed by atoms with Crippen LogP contribution in [-0.2, 0) is 5.60 Å². The van der Waals surface area contributed by atoms with Crippen molar-refractivity contribution in [3.05, 3.63) is 54.0 Å². The highest BCUT2D eigenvalue weighted by Gasteiger charge is 2.26. The average Bonchev–Trinajstić information content (AvgIpc) is 3.13. The lowest BCUT2D eigenvalue weighted by atomic mass is 10.0. The first-order valence-corrected chi connectivity index (χ1v) is 10.00. The fourth-order valence-electron chi connectivity index (χ4n) is 2.87. The van der Waals surface area contributed by atoms with Crippen molar-refractivity contribution in [2.75, 3.05) is 38.1 Å². The van der Waals surface area contributed by atoms with E-state index in [4.69, 9.17) is 4.42 Å². The molecule has 0 aliphatic carbocycles. The van der Waals surface area contributed by atoms with Gasteiger partial charge in [-0.1, -0.05) is 18.2 Å². The van der Waals surface area contributed by atoms with Gasteiger partial charge in [0.2, 0.25) is 0 Å². The molecule has 1 aromatic carbocycles. The number of nitrogens with one attached hydrogen (secondary N) is 2. The third kappa shape index (κ3) is 8.65. The Morgan fingerprint density at radius 3 is 2.48 bits per heavy atom. The topological polar surface area (TPSA) is 73.0 Å². The number of aliphatic hydroxyl groups is 1. The van der Waals surface area contributed by atoms with Crippen LogP contribution in [0.25, 0.3) is 0 Å². The molecule has 6 nitrogen and oxygen atoms in total. The molecule has 0 spiro atoms. The van der Waals surface area contributed by atoms with Gasteiger partial charge < -0.3 is 25.1 Å². The first-order valence-electron chi connectivity index (χ1n) is 10.00. The van der Waals surface area contributed by atoms with Crippen molar-refractivity contribution in [3.63, 3.8) is 0 Å². The van der Waals surface area contributed by atoms with Crippen LogP contribution < -0.4 is 15.5 Å². The number of anilines is 1. The van der Waals surface area contributed by atoms with E-state index in [9.17, 15) is 5.11 Å². The summed E-state index contributed by atoms with van der Waals surface area (Å²) in [6.45, 7) is 8.44. The number of benzene rings is 1. The van der Waals surface area contributed by atoms with Crippen molar-refractivity contribution >= 4 is 35.6 Å². The highest BCUT2D eigenvalue weighted by Crippen LogP contribution is 2.23. The Morgan fingerprint density at radius 2 is 1.86 bits per heavy atom. The number of para-hydroxylation sites is 1. The van der Waals surface area contributed by atoms with Crippen LogP contribution in [0.4, 0.5) is 5.69 Å². The molecule has 1 unspecified atom stereocenters. The van der Waals surface area contributed by atoms with Crippen molar-refractivity contribution in [2.24, 2.45) is 4.99 Å². The number of nitrogens with zero attached hydrogens (tertiary/aromatic N) is 2. The van der Waals surface area contributed by atoms with Crippen LogP contribution in [0.2, 0.25) is 0 Å². The first-order chi connectivity index (χ1) is 13.4. The van der Waals surface area contributed by atoms with Crippen molar-refractivity contribution in [2.45, 2.75) is 39.2 Å². The number of guanidine groups is 1. The van der Waals surface area contributed by atoms with Gasteiger partial charge in [-0.15, -0.1) is 24.0 Å². The molecule has 0 bridgehead atoms. The number of aliphatic imine (C=N–C) groups is 1. The Hall–Kier alpha value is -1.74. The van der Waals surface area contributed by atoms with E-state index in [0.717, 1.165) is 38.2 Å². The SMILES string of the molecule is CCNC(=NCC(C)(O)c1ccc(C)o1)NCCCCN(C)c1ccccc1.I. The third-order valence-corrected chi connectivity index (χ3v) is 4.57. The number of aryl methyl sites for hydroxylation is 1. The molecule has 2 aromatic rings. The molecule has 1 heterocycles. The summed E-state index contributed by atoms with van der Waals surface area (Å²) in [5.41, 5.74) is 0.107. The summed E-state index contributed by atoms with van der Waals surface area (Å²) >= 11 is 0. The van der Waals surface area contributed by atoms with E-state index in [1.54, 1.807) is 13.0 Å². The Bertz CT molecular complexity index is 731. The summed E-state index contributed by atoms with van der Waals surface area (Å²) in [5, 5.41) is 17.2. The molecule has 0 saturated heterocycles. The number of hydrogen-bond donors (Lipinski definition) is 3. The van der Waals surface area contributed by atoms with Gasteiger partial charge in [0.25, 0.3) is 0 Å². The van der Waals surface area contributed by atoms with Crippen LogP contribution in [0.1, 0.15) is 38.2 Å². The standard InChI is InChI=1S/C22H34N4O2.HI/c1-5-23-21(25-17-22(3,27)20-14-13-18(2)28-20)24-15-9-10-16-26(4)19-11-7-6-8-12-19;/h6-8,11-14,27H,5,9-10,15-17H2,1-4H3,(H2,23,24,25);1H. The van der Waals surface area contributed by atoms with Crippen LogP contribution >= 0.6 is 24.0 Å². The van der Waals surface area contributed by atoms with E-state index >= 15 is 0 Å². The van der Waals surface area contributed by atoms with Gasteiger partial charge in [0, 0.05) is 32.4 Å². The summed E-state index contributed by atoms with van der Waals surface area (Å²) in [5.74, 6) is 2.03. The highest BCUT2D eigenvalue weighted by atomic mass is 127. The summed E-state index contributed by atoms with van der Waals surface area (Å²) in [7, 11) is 2.12. The largest absolute Gasteiger partial charge is 0.463 e. The van der Waals surface area contributed by atoms with Gasteiger partial charge in [-0.25, -0.2) is 4.99 Å². The van der Waals surface area contributed by atoms with E-state index in [1.807, 2.05) is 26.0 Å². The maximum atomic E-state index is 10.6. The Morgan fingerprint density at radius 1 is 1.14 bits per heavy atom. The predicted octanol–water partition coefficient (Wildman–Crippen LogP) is 3.89. The minimum absolute atomic E-state index is 0. The Labute approximate surface area is 191 Å². The molecule has 3 N–H and O–H groups in total. The summed E-state index contributed by atoms with van der Waals surface area (Å²) in [6, 6.07) is 14.1. The fourth-order valence-corrected chi connectivity index (χ4v) is 2.87. The monoisotopic (exact) mass is 514 g/mol. The second-order valence-corrected chi connectivity index (χ2v) is 7.27. The maximum absolute atomic E-state index is 10.6. The molecule has 0 radical (unpaired) electrons. The molecule has 1 atom stereocenters. The minimum atomic E-state index is -1.13. The van der Waals surface area contributed by atoms with Crippen molar-refractivity contribution in [3.8, 4) is 0 Å². The summed E-state index contributed by atoms with van der Waals surface area (Å²) in [6.07, 6.45) is 2.12. The zero-order chi connectivity index (χ0) is 20.4. The van der Waals surface area contributed by atoms with Crippen molar-refractivity contribution in [1.29, 1.82) is 0 Å². The average molecular weight is 514 g/mol. The van der Waals surface area contributed by atoms with Crippen LogP contribution in [0.5, 0.6) is 0 Å². The van der Waals surface area contributed by atoms with Gasteiger partial charge in [-0.3, -0.25) is 0 Å². The smallest absolute Gasteiger partial charge is 0.191 e. The first kappa shape index (κ1) is 25.3. The highest BCUT2D eigenvalue weighted by molar-refractivity contribution is 14.0. The normalized spacial score (nSPS) is 13.3. The van der Waals surface area contributed by atoms with Gasteiger partial charge >= 0.3 is 0 Å². The molecule has 29 heavy (non-hydrogen) atoms. The number of unbranched alkanes of at least 4 members (excludes halogenated alkanes) is 1. The van der Waals surface area contributed by atoms with E-state index in [2.05, 4.69) is 51.8 Å². The van der Waals surface area contributed by atoms with Crippen LogP contribution in [0.15, 0.2) is 51.9 Å². The predicted molar refractivity (Wildman–Crippen MR) is 131 cm³/mol. The minimum Gasteiger partial charge on any atom is -0.463 e. The fraction of sp³-hybridized carbons (Fsp3) is 0.500. The molecular formula is C22H35IN4O2. The van der Waals surface area contributed by atoms with E-state index in [1.165, 1.54) is 5.69 Å². The maximum Gasteiger partial charge on any atom is 0.191 e. The summed E-state index contributed by atoms with van der Waals surface area (Å²) < 4.78 is 5.55. The molecule has 0 amide bonds. The van der Waals surface area contributed by atoms with Gasteiger partial charge in [0.1, 0.15) is 17.1 Å². The van der Waals surface area contributed by atoms with Crippen LogP contribution in [0.3, 0.4) is 0 Å². The number of rotatable bonds is 10. The molecule has 2 rings (SSSR count). The second kappa shape index (κ2) is 12.7. The molecular weight excluding hydrogens is 479 g/mol. The molecule has 0 fully saturated rings. The number of halogens is 1. The Kier molecular flexibility index (Phi) is 11.1. The number of furan rings is 1. The Balaban J connectivity index is 0.00000420. The van der Waals surface area contributed by atoms with Gasteiger partial charge in [0.15, 0.2) is 5.96 Å². The zero-order valence-corrected chi connectivity index (χ0v) is 20.3. The summed E-state index contributed by atoms with van der Waals surface area (Å²) in [4.78, 5) is 6.79. The molecule has 0 aliphatic heterocycles. The quantitative estimate of drug-likeness (QED) is 0.194. The molecule has 0 aliphatic rings.